The molecule has 2 unspecified atom stereocenters. The fraction of sp³-hybridized carbons (Fsp3) is 0.696. The average Bonchev–Trinajstić information content (AvgIpc) is 3.11. The fourth-order valence-electron chi connectivity index (χ4n) is 5.19. The highest BCUT2D eigenvalue weighted by Gasteiger charge is 2.37. The Morgan fingerprint density at radius 3 is 2.38 bits per heavy atom. The van der Waals surface area contributed by atoms with E-state index in [2.05, 4.69) is 54.4 Å². The number of amides is 1. The molecule has 0 bridgehead atoms. The van der Waals surface area contributed by atoms with Crippen molar-refractivity contribution in [1.82, 2.24) is 10.2 Å². The second kappa shape index (κ2) is 9.03. The number of benzene rings is 1. The minimum Gasteiger partial charge on any atom is -0.356 e. The number of nitrogens with zero attached hydrogens (tertiary/aromatic N) is 1. The van der Waals surface area contributed by atoms with E-state index >= 15 is 0 Å². The number of rotatable bonds is 7. The van der Waals surface area contributed by atoms with E-state index < -0.39 is 0 Å². The summed E-state index contributed by atoms with van der Waals surface area (Å²) in [4.78, 5) is 15.3. The lowest BCUT2D eigenvalue weighted by Crippen LogP contribution is -2.45. The average molecular weight is 357 g/mol. The van der Waals surface area contributed by atoms with E-state index in [-0.39, 0.29) is 11.3 Å². The molecule has 3 rings (SSSR count). The zero-order valence-electron chi connectivity index (χ0n) is 16.7. The quantitative estimate of drug-likeness (QED) is 0.721. The van der Waals surface area contributed by atoms with E-state index in [1.807, 2.05) is 0 Å². The molecule has 1 saturated carbocycles. The Balaban J connectivity index is 1.46. The summed E-state index contributed by atoms with van der Waals surface area (Å²) in [5.74, 6) is 0.232. The van der Waals surface area contributed by atoms with Crippen LogP contribution in [-0.4, -0.2) is 36.0 Å². The zero-order chi connectivity index (χ0) is 18.4. The van der Waals surface area contributed by atoms with Gasteiger partial charge in [0.15, 0.2) is 0 Å². The second-order valence-corrected chi connectivity index (χ2v) is 8.60. The van der Waals surface area contributed by atoms with Crippen LogP contribution in [0.5, 0.6) is 0 Å². The monoisotopic (exact) mass is 356 g/mol. The van der Waals surface area contributed by atoms with Crippen molar-refractivity contribution in [2.45, 2.75) is 89.1 Å². The van der Waals surface area contributed by atoms with Gasteiger partial charge in [0.25, 0.3) is 0 Å². The highest BCUT2D eigenvalue weighted by atomic mass is 16.1. The summed E-state index contributed by atoms with van der Waals surface area (Å²) in [5, 5.41) is 3.21. The molecule has 1 saturated heterocycles. The van der Waals surface area contributed by atoms with E-state index in [1.54, 1.807) is 0 Å². The summed E-state index contributed by atoms with van der Waals surface area (Å²) in [6.07, 6.45) is 10.5. The molecule has 0 radical (unpaired) electrons. The molecular weight excluding hydrogens is 320 g/mol. The third kappa shape index (κ3) is 4.68. The summed E-state index contributed by atoms with van der Waals surface area (Å²) in [7, 11) is 0. The van der Waals surface area contributed by atoms with Gasteiger partial charge in [-0.3, -0.25) is 9.69 Å². The fourth-order valence-corrected chi connectivity index (χ4v) is 5.19. The molecule has 3 nitrogen and oxygen atoms in total. The van der Waals surface area contributed by atoms with Crippen molar-refractivity contribution in [3.05, 3.63) is 35.9 Å². The van der Waals surface area contributed by atoms with Gasteiger partial charge < -0.3 is 5.32 Å². The van der Waals surface area contributed by atoms with Crippen LogP contribution in [0.15, 0.2) is 30.3 Å². The van der Waals surface area contributed by atoms with Crippen molar-refractivity contribution >= 4 is 5.91 Å². The number of carbonyl (C=O) groups is 1. The predicted molar refractivity (Wildman–Crippen MR) is 108 cm³/mol. The van der Waals surface area contributed by atoms with Crippen molar-refractivity contribution in [3.63, 3.8) is 0 Å². The molecule has 1 amide bonds. The van der Waals surface area contributed by atoms with E-state index in [4.69, 9.17) is 0 Å². The molecule has 1 N–H and O–H groups in total. The lowest BCUT2D eigenvalue weighted by atomic mass is 9.76. The first-order valence-electron chi connectivity index (χ1n) is 10.7. The maximum atomic E-state index is 12.6. The van der Waals surface area contributed by atoms with Gasteiger partial charge in [0.05, 0.1) is 0 Å². The Morgan fingerprint density at radius 2 is 1.73 bits per heavy atom. The van der Waals surface area contributed by atoms with Gasteiger partial charge in [0.1, 0.15) is 0 Å². The van der Waals surface area contributed by atoms with Gasteiger partial charge in [-0.25, -0.2) is 0 Å². The third-order valence-electron chi connectivity index (χ3n) is 6.74. The third-order valence-corrected chi connectivity index (χ3v) is 6.74. The van der Waals surface area contributed by atoms with Gasteiger partial charge in [-0.05, 0) is 51.5 Å². The highest BCUT2D eigenvalue weighted by molar-refractivity contribution is 5.77. The summed E-state index contributed by atoms with van der Waals surface area (Å²) in [6.45, 7) is 6.60. The first-order chi connectivity index (χ1) is 12.6. The Labute approximate surface area is 159 Å². The van der Waals surface area contributed by atoms with Crippen molar-refractivity contribution in [2.75, 3.05) is 13.1 Å². The lowest BCUT2D eigenvalue weighted by molar-refractivity contribution is -0.122. The van der Waals surface area contributed by atoms with Crippen LogP contribution in [-0.2, 0) is 10.2 Å². The molecule has 1 aliphatic carbocycles. The maximum absolute atomic E-state index is 12.6. The molecule has 3 heteroatoms. The molecular formula is C23H36N2O. The van der Waals surface area contributed by atoms with Gasteiger partial charge in [-0.15, -0.1) is 0 Å². The molecule has 1 aromatic rings. The van der Waals surface area contributed by atoms with Crippen molar-refractivity contribution in [1.29, 1.82) is 0 Å². The van der Waals surface area contributed by atoms with E-state index in [1.165, 1.54) is 37.7 Å². The number of carbonyl (C=O) groups excluding carboxylic acids is 1. The molecule has 0 spiro atoms. The van der Waals surface area contributed by atoms with Crippen LogP contribution in [0.3, 0.4) is 0 Å². The summed E-state index contributed by atoms with van der Waals surface area (Å²) in [5.41, 5.74) is 1.42. The van der Waals surface area contributed by atoms with Gasteiger partial charge >= 0.3 is 0 Å². The number of nitrogens with one attached hydrogen (secondary N) is 1. The summed E-state index contributed by atoms with van der Waals surface area (Å²) >= 11 is 0. The predicted octanol–water partition coefficient (Wildman–Crippen LogP) is 4.66. The van der Waals surface area contributed by atoms with Gasteiger partial charge in [-0.1, -0.05) is 49.6 Å². The smallest absolute Gasteiger partial charge is 0.220 e. The topological polar surface area (TPSA) is 32.3 Å². The van der Waals surface area contributed by atoms with Crippen LogP contribution >= 0.6 is 0 Å². The van der Waals surface area contributed by atoms with E-state index in [0.29, 0.717) is 18.5 Å². The molecule has 2 aliphatic rings. The Bertz CT molecular complexity index is 555. The SMILES string of the molecule is CC1CCCC(C)N1CCCNC(=O)CC1(c2ccccc2)CCCC1. The number of piperidine rings is 1. The molecule has 1 aromatic carbocycles. The van der Waals surface area contributed by atoms with E-state index in [9.17, 15) is 4.79 Å². The van der Waals surface area contributed by atoms with Crippen molar-refractivity contribution < 1.29 is 4.79 Å². The molecule has 2 atom stereocenters. The van der Waals surface area contributed by atoms with Gasteiger partial charge in [0.2, 0.25) is 5.91 Å². The van der Waals surface area contributed by atoms with Crippen molar-refractivity contribution in [2.24, 2.45) is 0 Å². The largest absolute Gasteiger partial charge is 0.356 e. The Hall–Kier alpha value is -1.35. The van der Waals surface area contributed by atoms with Crippen molar-refractivity contribution in [3.8, 4) is 0 Å². The number of hydrogen-bond donors (Lipinski definition) is 1. The van der Waals surface area contributed by atoms with Crippen LogP contribution in [0.2, 0.25) is 0 Å². The van der Waals surface area contributed by atoms with Crippen LogP contribution in [0.4, 0.5) is 0 Å². The molecule has 0 aromatic heterocycles. The minimum absolute atomic E-state index is 0.0707. The standard InChI is InChI=1S/C23H36N2O/c1-19-10-8-11-20(2)25(19)17-9-16-24-22(26)18-23(14-6-7-15-23)21-12-4-3-5-13-21/h3-5,12-13,19-20H,6-11,14-18H2,1-2H3,(H,24,26). The highest BCUT2D eigenvalue weighted by Crippen LogP contribution is 2.43. The van der Waals surface area contributed by atoms with Gasteiger partial charge in [0, 0.05) is 37.0 Å². The Morgan fingerprint density at radius 1 is 1.08 bits per heavy atom. The first kappa shape index (κ1) is 19.4. The maximum Gasteiger partial charge on any atom is 0.220 e. The van der Waals surface area contributed by atoms with Crippen LogP contribution < -0.4 is 5.32 Å². The molecule has 26 heavy (non-hydrogen) atoms. The number of likely N-dealkylation sites (tertiary alicyclic amines) is 1. The lowest BCUT2D eigenvalue weighted by Gasteiger charge is -2.39. The molecule has 1 aliphatic heterocycles. The molecule has 144 valence electrons. The number of hydrogen-bond acceptors (Lipinski definition) is 2. The first-order valence-corrected chi connectivity index (χ1v) is 10.7. The minimum atomic E-state index is 0.0707. The normalized spacial score (nSPS) is 25.9. The Kier molecular flexibility index (Phi) is 6.74. The van der Waals surface area contributed by atoms with Crippen LogP contribution in [0.25, 0.3) is 0 Å². The molecule has 2 fully saturated rings. The zero-order valence-corrected chi connectivity index (χ0v) is 16.7. The summed E-state index contributed by atoms with van der Waals surface area (Å²) < 4.78 is 0. The van der Waals surface area contributed by atoms with Crippen LogP contribution in [0, 0.1) is 0 Å². The molecule has 1 heterocycles. The van der Waals surface area contributed by atoms with E-state index in [0.717, 1.165) is 32.4 Å². The van der Waals surface area contributed by atoms with Gasteiger partial charge in [-0.2, -0.15) is 0 Å². The summed E-state index contributed by atoms with van der Waals surface area (Å²) in [6, 6.07) is 12.1. The second-order valence-electron chi connectivity index (χ2n) is 8.60. The van der Waals surface area contributed by atoms with Crippen LogP contribution in [0.1, 0.15) is 77.2 Å².